The Balaban J connectivity index is 2.38. The van der Waals surface area contributed by atoms with E-state index in [1.165, 1.54) is 18.2 Å². The van der Waals surface area contributed by atoms with Crippen LogP contribution in [0, 0.1) is 16.1 Å². The molecule has 2 aromatic rings. The third-order valence-electron chi connectivity index (χ3n) is 2.09. The second-order valence-electron chi connectivity index (χ2n) is 3.15. The van der Waals surface area contributed by atoms with Crippen LogP contribution < -0.4 is 0 Å². The first kappa shape index (κ1) is 10.2. The minimum atomic E-state index is -0.573. The molecule has 0 aliphatic carbocycles. The lowest BCUT2D eigenvalue weighted by Gasteiger charge is -1.99. The summed E-state index contributed by atoms with van der Waals surface area (Å²) in [6.07, 6.45) is 0. The van der Waals surface area contributed by atoms with Gasteiger partial charge in [0.05, 0.1) is 10.6 Å². The van der Waals surface area contributed by atoms with Gasteiger partial charge in [-0.05, 0) is 24.3 Å². The zero-order chi connectivity index (χ0) is 11.5. The monoisotopic (exact) mass is 218 g/mol. The molecule has 0 atom stereocenters. The average molecular weight is 218 g/mol. The summed E-state index contributed by atoms with van der Waals surface area (Å²) < 4.78 is 12.8. The summed E-state index contributed by atoms with van der Waals surface area (Å²) in [5.74, 6) is -0.573. The lowest BCUT2D eigenvalue weighted by molar-refractivity contribution is -0.384. The molecule has 4 nitrogen and oxygen atoms in total. The number of non-ortho nitro benzene ring substituents is 1. The van der Waals surface area contributed by atoms with E-state index in [0.29, 0.717) is 11.3 Å². The fraction of sp³-hybridized carbons (Fsp3) is 0. The van der Waals surface area contributed by atoms with Crippen molar-refractivity contribution in [3.63, 3.8) is 0 Å². The summed E-state index contributed by atoms with van der Waals surface area (Å²) in [5, 5.41) is 10.4. The van der Waals surface area contributed by atoms with Crippen molar-refractivity contribution >= 4 is 5.69 Å². The zero-order valence-corrected chi connectivity index (χ0v) is 8.13. The number of nitro benzene ring substituents is 1. The lowest BCUT2D eigenvalue weighted by atomic mass is 10.1. The molecule has 16 heavy (non-hydrogen) atoms. The highest BCUT2D eigenvalue weighted by molar-refractivity contribution is 5.60. The Labute approximate surface area is 90.5 Å². The molecule has 0 saturated carbocycles. The van der Waals surface area contributed by atoms with Gasteiger partial charge in [-0.1, -0.05) is 6.07 Å². The van der Waals surface area contributed by atoms with Crippen LogP contribution in [0.1, 0.15) is 0 Å². The van der Waals surface area contributed by atoms with E-state index in [1.807, 2.05) is 0 Å². The van der Waals surface area contributed by atoms with Gasteiger partial charge < -0.3 is 0 Å². The number of hydrogen-bond donors (Lipinski definition) is 0. The summed E-state index contributed by atoms with van der Waals surface area (Å²) in [5.41, 5.74) is 1.10. The van der Waals surface area contributed by atoms with Crippen LogP contribution in [0.2, 0.25) is 0 Å². The van der Waals surface area contributed by atoms with Gasteiger partial charge in [0.1, 0.15) is 0 Å². The molecule has 0 fully saturated rings. The summed E-state index contributed by atoms with van der Waals surface area (Å²) in [6, 6.07) is 10.2. The highest BCUT2D eigenvalue weighted by atomic mass is 19.1. The van der Waals surface area contributed by atoms with Crippen LogP contribution in [0.15, 0.2) is 42.5 Å². The maximum absolute atomic E-state index is 12.8. The average Bonchev–Trinajstić information content (AvgIpc) is 2.29. The normalized spacial score (nSPS) is 10.1. The summed E-state index contributed by atoms with van der Waals surface area (Å²) in [4.78, 5) is 13.6. The van der Waals surface area contributed by atoms with Crippen LogP contribution >= 0.6 is 0 Å². The van der Waals surface area contributed by atoms with E-state index in [9.17, 15) is 14.5 Å². The second-order valence-corrected chi connectivity index (χ2v) is 3.15. The predicted molar refractivity (Wildman–Crippen MR) is 56.3 cm³/mol. The van der Waals surface area contributed by atoms with Crippen molar-refractivity contribution in [3.05, 3.63) is 58.5 Å². The van der Waals surface area contributed by atoms with Gasteiger partial charge in [0.25, 0.3) is 5.69 Å². The van der Waals surface area contributed by atoms with Crippen molar-refractivity contribution in [2.45, 2.75) is 0 Å². The van der Waals surface area contributed by atoms with Gasteiger partial charge >= 0.3 is 0 Å². The number of hydrogen-bond acceptors (Lipinski definition) is 3. The Morgan fingerprint density at radius 1 is 1.12 bits per heavy atom. The van der Waals surface area contributed by atoms with Crippen LogP contribution in [-0.2, 0) is 0 Å². The maximum atomic E-state index is 12.8. The molecule has 1 aromatic carbocycles. The number of pyridine rings is 1. The van der Waals surface area contributed by atoms with Crippen LogP contribution in [0.5, 0.6) is 0 Å². The number of nitrogens with zero attached hydrogens (tertiary/aromatic N) is 2. The van der Waals surface area contributed by atoms with Gasteiger partial charge in [0.15, 0.2) is 0 Å². The van der Waals surface area contributed by atoms with Crippen LogP contribution in [0.4, 0.5) is 10.1 Å². The van der Waals surface area contributed by atoms with E-state index < -0.39 is 10.9 Å². The fourth-order valence-electron chi connectivity index (χ4n) is 1.32. The quantitative estimate of drug-likeness (QED) is 0.442. The van der Waals surface area contributed by atoms with Gasteiger partial charge in [0.2, 0.25) is 5.95 Å². The smallest absolute Gasteiger partial charge is 0.258 e. The Hall–Kier alpha value is -2.30. The van der Waals surface area contributed by atoms with Crippen LogP contribution in [-0.4, -0.2) is 9.91 Å². The van der Waals surface area contributed by atoms with Crippen molar-refractivity contribution in [1.82, 2.24) is 4.98 Å². The molecular formula is C11H7FN2O2. The van der Waals surface area contributed by atoms with Gasteiger partial charge in [-0.25, -0.2) is 4.98 Å². The number of rotatable bonds is 2. The van der Waals surface area contributed by atoms with E-state index in [-0.39, 0.29) is 5.69 Å². The Morgan fingerprint density at radius 2 is 1.81 bits per heavy atom. The Bertz CT molecular complexity index is 526. The molecule has 0 aliphatic heterocycles. The first-order chi connectivity index (χ1) is 7.66. The van der Waals surface area contributed by atoms with Gasteiger partial charge in [-0.3, -0.25) is 10.1 Å². The zero-order valence-electron chi connectivity index (χ0n) is 8.13. The molecule has 0 unspecified atom stereocenters. The summed E-state index contributed by atoms with van der Waals surface area (Å²) >= 11 is 0. The third kappa shape index (κ3) is 2.03. The van der Waals surface area contributed by atoms with Crippen molar-refractivity contribution in [3.8, 4) is 11.3 Å². The van der Waals surface area contributed by atoms with Crippen molar-refractivity contribution in [1.29, 1.82) is 0 Å². The first-order valence-corrected chi connectivity index (χ1v) is 4.54. The number of halogens is 1. The molecule has 0 bridgehead atoms. The van der Waals surface area contributed by atoms with Crippen molar-refractivity contribution in [2.75, 3.05) is 0 Å². The summed E-state index contributed by atoms with van der Waals surface area (Å²) in [7, 11) is 0. The van der Waals surface area contributed by atoms with Crippen molar-refractivity contribution < 1.29 is 9.31 Å². The van der Waals surface area contributed by atoms with Gasteiger partial charge in [-0.15, -0.1) is 0 Å². The van der Waals surface area contributed by atoms with Crippen LogP contribution in [0.3, 0.4) is 0 Å². The van der Waals surface area contributed by atoms with Gasteiger partial charge in [0, 0.05) is 17.7 Å². The number of nitro groups is 1. The topological polar surface area (TPSA) is 56.0 Å². The SMILES string of the molecule is O=[N+]([O-])c1ccc(-c2cccc(F)n2)cc1. The molecule has 80 valence electrons. The van der Waals surface area contributed by atoms with E-state index >= 15 is 0 Å². The number of aromatic nitrogens is 1. The second kappa shape index (κ2) is 4.06. The first-order valence-electron chi connectivity index (χ1n) is 4.54. The van der Waals surface area contributed by atoms with Crippen molar-refractivity contribution in [2.24, 2.45) is 0 Å². The van der Waals surface area contributed by atoms with E-state index in [2.05, 4.69) is 4.98 Å². The minimum absolute atomic E-state index is 0.000142. The molecular weight excluding hydrogens is 211 g/mol. The molecule has 2 rings (SSSR count). The van der Waals surface area contributed by atoms with Gasteiger partial charge in [-0.2, -0.15) is 4.39 Å². The summed E-state index contributed by atoms with van der Waals surface area (Å²) in [6.45, 7) is 0. The standard InChI is InChI=1S/C11H7FN2O2/c12-11-3-1-2-10(13-11)8-4-6-9(7-5-8)14(15)16/h1-7H. The molecule has 1 heterocycles. The minimum Gasteiger partial charge on any atom is -0.258 e. The Kier molecular flexibility index (Phi) is 2.59. The molecule has 0 saturated heterocycles. The lowest BCUT2D eigenvalue weighted by Crippen LogP contribution is -1.89. The fourth-order valence-corrected chi connectivity index (χ4v) is 1.32. The molecule has 0 N–H and O–H groups in total. The van der Waals surface area contributed by atoms with E-state index in [0.717, 1.165) is 0 Å². The molecule has 0 spiro atoms. The van der Waals surface area contributed by atoms with Crippen LogP contribution in [0.25, 0.3) is 11.3 Å². The molecule has 1 aromatic heterocycles. The highest BCUT2D eigenvalue weighted by Crippen LogP contribution is 2.20. The predicted octanol–water partition coefficient (Wildman–Crippen LogP) is 2.80. The molecule has 5 heteroatoms. The Morgan fingerprint density at radius 3 is 2.38 bits per heavy atom. The highest BCUT2D eigenvalue weighted by Gasteiger charge is 2.06. The molecule has 0 radical (unpaired) electrons. The molecule has 0 amide bonds. The largest absolute Gasteiger partial charge is 0.269 e. The number of benzene rings is 1. The van der Waals surface area contributed by atoms with E-state index in [4.69, 9.17) is 0 Å². The maximum Gasteiger partial charge on any atom is 0.269 e. The molecule has 0 aliphatic rings. The van der Waals surface area contributed by atoms with E-state index in [1.54, 1.807) is 24.3 Å². The third-order valence-corrected chi connectivity index (χ3v) is 2.09.